The Morgan fingerprint density at radius 2 is 1.80 bits per heavy atom. The number of nitrogens with zero attached hydrogens (tertiary/aromatic N) is 1. The summed E-state index contributed by atoms with van der Waals surface area (Å²) in [5, 5.41) is 14.8. The third-order valence-electron chi connectivity index (χ3n) is 2.79. The van der Waals surface area contributed by atoms with Crippen molar-refractivity contribution in [1.82, 2.24) is 0 Å². The Balaban J connectivity index is 2.18. The fourth-order valence-corrected chi connectivity index (χ4v) is 1.68. The first-order chi connectivity index (χ1) is 9.70. The number of hydrogen-bond acceptors (Lipinski definition) is 4. The summed E-state index contributed by atoms with van der Waals surface area (Å²) in [5.74, 6) is 1.54. The maximum Gasteiger partial charge on any atom is 0.161 e. The van der Waals surface area contributed by atoms with Crippen molar-refractivity contribution >= 4 is 11.5 Å². The molecule has 2 aromatic rings. The molecule has 5 nitrogen and oxygen atoms in total. The van der Waals surface area contributed by atoms with Crippen LogP contribution in [0.4, 0.5) is 5.69 Å². The summed E-state index contributed by atoms with van der Waals surface area (Å²) in [6, 6.07) is 16.7. The number of hydrogen-bond donors (Lipinski definition) is 3. The highest BCUT2D eigenvalue weighted by molar-refractivity contribution is 5.87. The number of nitrogens with two attached hydrogens (primary N) is 1. The van der Waals surface area contributed by atoms with Gasteiger partial charge in [-0.2, -0.15) is 0 Å². The van der Waals surface area contributed by atoms with Crippen LogP contribution in [0.25, 0.3) is 0 Å². The first-order valence-electron chi connectivity index (χ1n) is 6.26. The van der Waals surface area contributed by atoms with E-state index in [0.29, 0.717) is 5.75 Å². The average molecular weight is 271 g/mol. The Hall–Kier alpha value is -2.69. The molecule has 0 heterocycles. The molecule has 0 radical (unpaired) electrons. The molecule has 1 atom stereocenters. The van der Waals surface area contributed by atoms with Gasteiger partial charge >= 0.3 is 0 Å². The molecule has 1 unspecified atom stereocenters. The Bertz CT molecular complexity index is 585. The molecular weight excluding hydrogens is 254 g/mol. The number of benzene rings is 2. The predicted octanol–water partition coefficient (Wildman–Crippen LogP) is 3.03. The van der Waals surface area contributed by atoms with E-state index in [9.17, 15) is 0 Å². The van der Waals surface area contributed by atoms with E-state index in [4.69, 9.17) is 15.7 Å². The van der Waals surface area contributed by atoms with Gasteiger partial charge in [0.25, 0.3) is 0 Å². The second kappa shape index (κ2) is 6.47. The smallest absolute Gasteiger partial charge is 0.161 e. The van der Waals surface area contributed by atoms with Crippen molar-refractivity contribution in [3.05, 3.63) is 54.6 Å². The van der Waals surface area contributed by atoms with Crippen LogP contribution in [0.2, 0.25) is 0 Å². The van der Waals surface area contributed by atoms with Gasteiger partial charge in [-0.3, -0.25) is 0 Å². The second-order valence-electron chi connectivity index (χ2n) is 4.30. The molecule has 0 amide bonds. The van der Waals surface area contributed by atoms with E-state index in [-0.39, 0.29) is 11.9 Å². The summed E-state index contributed by atoms with van der Waals surface area (Å²) < 4.78 is 5.82. The number of anilines is 1. The molecule has 0 saturated heterocycles. The van der Waals surface area contributed by atoms with Gasteiger partial charge < -0.3 is 21.0 Å². The molecular formula is C15H17N3O2. The molecule has 20 heavy (non-hydrogen) atoms. The SMILES string of the molecule is CC(Nc1ccccc1Oc1ccccc1)C(N)=NO. The quantitative estimate of drug-likeness (QED) is 0.338. The highest BCUT2D eigenvalue weighted by Crippen LogP contribution is 2.29. The first kappa shape index (κ1) is 13.7. The number of rotatable bonds is 5. The zero-order valence-corrected chi connectivity index (χ0v) is 11.2. The highest BCUT2D eigenvalue weighted by Gasteiger charge is 2.10. The van der Waals surface area contributed by atoms with Gasteiger partial charge in [0.2, 0.25) is 0 Å². The molecule has 4 N–H and O–H groups in total. The summed E-state index contributed by atoms with van der Waals surface area (Å²) in [4.78, 5) is 0. The van der Waals surface area contributed by atoms with Crippen LogP contribution >= 0.6 is 0 Å². The van der Waals surface area contributed by atoms with Crippen LogP contribution in [-0.4, -0.2) is 17.1 Å². The summed E-state index contributed by atoms with van der Waals surface area (Å²) in [6.07, 6.45) is 0. The molecule has 0 spiro atoms. The fraction of sp³-hybridized carbons (Fsp3) is 0.133. The number of para-hydroxylation sites is 3. The molecule has 2 aromatic carbocycles. The number of amidine groups is 1. The van der Waals surface area contributed by atoms with E-state index < -0.39 is 0 Å². The Morgan fingerprint density at radius 1 is 1.15 bits per heavy atom. The van der Waals surface area contributed by atoms with Gasteiger partial charge in [-0.1, -0.05) is 35.5 Å². The monoisotopic (exact) mass is 271 g/mol. The van der Waals surface area contributed by atoms with E-state index >= 15 is 0 Å². The molecule has 2 rings (SSSR count). The first-order valence-corrected chi connectivity index (χ1v) is 6.26. The molecule has 5 heteroatoms. The van der Waals surface area contributed by atoms with Crippen molar-refractivity contribution in [2.24, 2.45) is 10.9 Å². The van der Waals surface area contributed by atoms with Crippen LogP contribution in [0.5, 0.6) is 11.5 Å². The minimum atomic E-state index is -0.305. The summed E-state index contributed by atoms with van der Waals surface area (Å²) in [5.41, 5.74) is 6.34. The van der Waals surface area contributed by atoms with Crippen LogP contribution < -0.4 is 15.8 Å². The molecule has 0 aliphatic heterocycles. The molecule has 104 valence electrons. The standard InChI is InChI=1S/C15H17N3O2/c1-11(15(16)18-19)17-13-9-5-6-10-14(13)20-12-7-3-2-4-8-12/h2-11,17,19H,1H3,(H2,16,18). The third-order valence-corrected chi connectivity index (χ3v) is 2.79. The molecule has 0 fully saturated rings. The minimum absolute atomic E-state index is 0.111. The lowest BCUT2D eigenvalue weighted by molar-refractivity contribution is 0.316. The maximum absolute atomic E-state index is 8.68. The zero-order valence-electron chi connectivity index (χ0n) is 11.2. The lowest BCUT2D eigenvalue weighted by Crippen LogP contribution is -2.32. The number of nitrogens with one attached hydrogen (secondary N) is 1. The molecule has 0 bridgehead atoms. The van der Waals surface area contributed by atoms with E-state index in [1.54, 1.807) is 6.92 Å². The van der Waals surface area contributed by atoms with Crippen LogP contribution in [-0.2, 0) is 0 Å². The van der Waals surface area contributed by atoms with Gasteiger partial charge in [0.15, 0.2) is 11.6 Å². The van der Waals surface area contributed by atoms with Crippen molar-refractivity contribution in [3.8, 4) is 11.5 Å². The second-order valence-corrected chi connectivity index (χ2v) is 4.30. The number of oxime groups is 1. The maximum atomic E-state index is 8.68. The van der Waals surface area contributed by atoms with Crippen molar-refractivity contribution in [3.63, 3.8) is 0 Å². The van der Waals surface area contributed by atoms with E-state index in [0.717, 1.165) is 11.4 Å². The third kappa shape index (κ3) is 3.41. The minimum Gasteiger partial charge on any atom is -0.455 e. The fourth-order valence-electron chi connectivity index (χ4n) is 1.68. The average Bonchev–Trinajstić information content (AvgIpc) is 2.49. The molecule has 0 aliphatic rings. The van der Waals surface area contributed by atoms with Gasteiger partial charge in [-0.05, 0) is 31.2 Å². The van der Waals surface area contributed by atoms with Crippen molar-refractivity contribution < 1.29 is 9.94 Å². The zero-order chi connectivity index (χ0) is 14.4. The van der Waals surface area contributed by atoms with Gasteiger partial charge in [0.05, 0.1) is 11.7 Å². The van der Waals surface area contributed by atoms with Gasteiger partial charge in [0.1, 0.15) is 5.75 Å². The van der Waals surface area contributed by atoms with Crippen LogP contribution in [0.15, 0.2) is 59.8 Å². The van der Waals surface area contributed by atoms with Crippen molar-refractivity contribution in [1.29, 1.82) is 0 Å². The summed E-state index contributed by atoms with van der Waals surface area (Å²) in [6.45, 7) is 1.80. The number of ether oxygens (including phenoxy) is 1. The van der Waals surface area contributed by atoms with Gasteiger partial charge in [0, 0.05) is 0 Å². The van der Waals surface area contributed by atoms with E-state index in [1.165, 1.54) is 0 Å². The van der Waals surface area contributed by atoms with Crippen LogP contribution in [0.3, 0.4) is 0 Å². The van der Waals surface area contributed by atoms with Crippen molar-refractivity contribution in [2.45, 2.75) is 13.0 Å². The van der Waals surface area contributed by atoms with Gasteiger partial charge in [-0.15, -0.1) is 0 Å². The predicted molar refractivity (Wildman–Crippen MR) is 79.5 cm³/mol. The van der Waals surface area contributed by atoms with Crippen LogP contribution in [0.1, 0.15) is 6.92 Å². The molecule has 0 saturated carbocycles. The largest absolute Gasteiger partial charge is 0.455 e. The van der Waals surface area contributed by atoms with Crippen LogP contribution in [0, 0.1) is 0 Å². The van der Waals surface area contributed by atoms with E-state index in [1.807, 2.05) is 54.6 Å². The summed E-state index contributed by atoms with van der Waals surface area (Å²) >= 11 is 0. The normalized spacial score (nSPS) is 12.8. The Labute approximate surface area is 117 Å². The topological polar surface area (TPSA) is 79.9 Å². The molecule has 0 aromatic heterocycles. The van der Waals surface area contributed by atoms with Gasteiger partial charge in [-0.25, -0.2) is 0 Å². The highest BCUT2D eigenvalue weighted by atomic mass is 16.5. The Morgan fingerprint density at radius 3 is 2.50 bits per heavy atom. The van der Waals surface area contributed by atoms with Crippen molar-refractivity contribution in [2.75, 3.05) is 5.32 Å². The Kier molecular flexibility index (Phi) is 4.44. The van der Waals surface area contributed by atoms with E-state index in [2.05, 4.69) is 10.5 Å². The summed E-state index contributed by atoms with van der Waals surface area (Å²) in [7, 11) is 0. The molecule has 0 aliphatic carbocycles. The lowest BCUT2D eigenvalue weighted by Gasteiger charge is -2.17. The lowest BCUT2D eigenvalue weighted by atomic mass is 10.2.